The molecule has 2 heterocycles. The van der Waals surface area contributed by atoms with E-state index in [4.69, 9.17) is 5.73 Å². The molecule has 0 spiro atoms. The van der Waals surface area contributed by atoms with Gasteiger partial charge in [0, 0.05) is 20.8 Å². The van der Waals surface area contributed by atoms with E-state index >= 15 is 0 Å². The summed E-state index contributed by atoms with van der Waals surface area (Å²) in [6.07, 6.45) is 2.57. The first-order chi connectivity index (χ1) is 9.95. The van der Waals surface area contributed by atoms with Crippen molar-refractivity contribution < 1.29 is 13.2 Å². The van der Waals surface area contributed by atoms with Crippen LogP contribution in [-0.4, -0.2) is 4.98 Å². The van der Waals surface area contributed by atoms with Crippen LogP contribution in [-0.2, 0) is 19.0 Å². The van der Waals surface area contributed by atoms with Gasteiger partial charge in [-0.2, -0.15) is 13.2 Å². The fraction of sp³-hybridized carbons (Fsp3) is 0.500. The number of alkyl halides is 3. The van der Waals surface area contributed by atoms with Crippen molar-refractivity contribution in [1.29, 1.82) is 0 Å². The Morgan fingerprint density at radius 3 is 2.57 bits per heavy atom. The second-order valence-electron chi connectivity index (χ2n) is 5.20. The van der Waals surface area contributed by atoms with E-state index in [1.807, 2.05) is 0 Å². The third kappa shape index (κ3) is 3.14. The van der Waals surface area contributed by atoms with Crippen molar-refractivity contribution in [3.8, 4) is 0 Å². The Morgan fingerprint density at radius 1 is 1.10 bits per heavy atom. The van der Waals surface area contributed by atoms with Crippen molar-refractivity contribution in [1.82, 2.24) is 4.98 Å². The summed E-state index contributed by atoms with van der Waals surface area (Å²) in [5.74, 6) is 0. The number of hydrogen-bond donors (Lipinski definition) is 1. The van der Waals surface area contributed by atoms with Crippen LogP contribution in [0, 0.1) is 0 Å². The molecule has 1 unspecified atom stereocenters. The largest absolute Gasteiger partial charge is 0.443 e. The first-order valence-corrected chi connectivity index (χ1v) is 8.48. The third-order valence-corrected chi connectivity index (χ3v) is 6.09. The van der Waals surface area contributed by atoms with Crippen molar-refractivity contribution in [2.75, 3.05) is 0 Å². The second kappa shape index (κ2) is 5.70. The number of rotatable bonds is 2. The Morgan fingerprint density at radius 2 is 1.86 bits per heavy atom. The Labute approximate surface area is 128 Å². The van der Waals surface area contributed by atoms with Gasteiger partial charge in [0.05, 0.1) is 6.04 Å². The van der Waals surface area contributed by atoms with E-state index in [0.29, 0.717) is 16.2 Å². The van der Waals surface area contributed by atoms with E-state index in [1.165, 1.54) is 35.9 Å². The SMILES string of the molecule is NC(c1cnc(C(F)(F)F)s1)c1cc2c(s1)CCCCC2. The van der Waals surface area contributed by atoms with E-state index in [1.54, 1.807) is 11.3 Å². The molecule has 2 N–H and O–H groups in total. The van der Waals surface area contributed by atoms with Crippen molar-refractivity contribution in [2.24, 2.45) is 5.73 Å². The van der Waals surface area contributed by atoms with Crippen LogP contribution < -0.4 is 5.73 Å². The lowest BCUT2D eigenvalue weighted by Crippen LogP contribution is -2.08. The maximum atomic E-state index is 12.6. The van der Waals surface area contributed by atoms with Gasteiger partial charge in [0.2, 0.25) is 0 Å². The van der Waals surface area contributed by atoms with E-state index in [2.05, 4.69) is 11.1 Å². The van der Waals surface area contributed by atoms with Gasteiger partial charge in [0.15, 0.2) is 5.01 Å². The molecule has 1 aliphatic rings. The molecule has 0 radical (unpaired) electrons. The average Bonchev–Trinajstić information content (AvgIpc) is 3.01. The fourth-order valence-electron chi connectivity index (χ4n) is 2.55. The Hall–Kier alpha value is -0.920. The summed E-state index contributed by atoms with van der Waals surface area (Å²) in [4.78, 5) is 6.21. The molecule has 0 saturated carbocycles. The second-order valence-corrected chi connectivity index (χ2v) is 7.43. The molecule has 0 bridgehead atoms. The summed E-state index contributed by atoms with van der Waals surface area (Å²) >= 11 is 2.28. The van der Waals surface area contributed by atoms with Crippen LogP contribution in [0.25, 0.3) is 0 Å². The topological polar surface area (TPSA) is 38.9 Å². The molecule has 0 saturated heterocycles. The van der Waals surface area contributed by atoms with Gasteiger partial charge < -0.3 is 5.73 Å². The maximum absolute atomic E-state index is 12.6. The average molecular weight is 332 g/mol. The van der Waals surface area contributed by atoms with Gasteiger partial charge in [0.1, 0.15) is 0 Å². The lowest BCUT2D eigenvalue weighted by molar-refractivity contribution is -0.137. The van der Waals surface area contributed by atoms with Crippen LogP contribution in [0.5, 0.6) is 0 Å². The molecule has 1 aliphatic carbocycles. The highest BCUT2D eigenvalue weighted by molar-refractivity contribution is 7.13. The lowest BCUT2D eigenvalue weighted by atomic mass is 10.1. The zero-order chi connectivity index (χ0) is 15.0. The van der Waals surface area contributed by atoms with Crippen molar-refractivity contribution in [3.63, 3.8) is 0 Å². The number of nitrogens with two attached hydrogens (primary N) is 1. The van der Waals surface area contributed by atoms with Gasteiger partial charge in [-0.15, -0.1) is 22.7 Å². The highest BCUT2D eigenvalue weighted by Crippen LogP contribution is 2.38. The minimum atomic E-state index is -4.39. The number of aromatic nitrogens is 1. The molecular weight excluding hydrogens is 317 g/mol. The first-order valence-electron chi connectivity index (χ1n) is 6.85. The van der Waals surface area contributed by atoms with Crippen molar-refractivity contribution in [2.45, 2.75) is 44.3 Å². The van der Waals surface area contributed by atoms with Crippen molar-refractivity contribution >= 4 is 22.7 Å². The number of thiazole rings is 1. The molecule has 2 aromatic rings. The van der Waals surface area contributed by atoms with E-state index < -0.39 is 17.2 Å². The fourth-order valence-corrected chi connectivity index (χ4v) is 4.70. The van der Waals surface area contributed by atoms with Crippen LogP contribution in [0.1, 0.15) is 50.5 Å². The molecule has 0 aromatic carbocycles. The monoisotopic (exact) mass is 332 g/mol. The maximum Gasteiger partial charge on any atom is 0.443 e. The van der Waals surface area contributed by atoms with Gasteiger partial charge in [-0.05, 0) is 37.3 Å². The number of aryl methyl sites for hydroxylation is 2. The van der Waals surface area contributed by atoms with Crippen LogP contribution in [0.4, 0.5) is 13.2 Å². The zero-order valence-corrected chi connectivity index (χ0v) is 12.9. The van der Waals surface area contributed by atoms with E-state index in [0.717, 1.165) is 17.7 Å². The van der Waals surface area contributed by atoms with Crippen LogP contribution in [0.2, 0.25) is 0 Å². The predicted molar refractivity (Wildman–Crippen MR) is 78.7 cm³/mol. The van der Waals surface area contributed by atoms with Gasteiger partial charge in [-0.1, -0.05) is 6.42 Å². The third-order valence-electron chi connectivity index (χ3n) is 3.64. The smallest absolute Gasteiger partial charge is 0.319 e. The summed E-state index contributed by atoms with van der Waals surface area (Å²) < 4.78 is 37.8. The molecule has 114 valence electrons. The van der Waals surface area contributed by atoms with Gasteiger partial charge in [-0.3, -0.25) is 0 Å². The number of nitrogens with zero attached hydrogens (tertiary/aromatic N) is 1. The predicted octanol–water partition coefficient (Wildman–Crippen LogP) is 4.54. The number of halogens is 3. The summed E-state index contributed by atoms with van der Waals surface area (Å²) in [5.41, 5.74) is 7.46. The number of hydrogen-bond acceptors (Lipinski definition) is 4. The summed E-state index contributed by atoms with van der Waals surface area (Å²) in [7, 11) is 0. The summed E-state index contributed by atoms with van der Waals surface area (Å²) in [6.45, 7) is 0. The molecule has 0 fully saturated rings. The van der Waals surface area contributed by atoms with Crippen molar-refractivity contribution in [3.05, 3.63) is 37.5 Å². The minimum absolute atomic E-state index is 0.471. The van der Waals surface area contributed by atoms with Gasteiger partial charge >= 0.3 is 6.18 Å². The van der Waals surface area contributed by atoms with Crippen LogP contribution in [0.15, 0.2) is 12.3 Å². The van der Waals surface area contributed by atoms with Gasteiger partial charge in [-0.25, -0.2) is 4.98 Å². The molecular formula is C14H15F3N2S2. The van der Waals surface area contributed by atoms with Crippen LogP contribution >= 0.6 is 22.7 Å². The lowest BCUT2D eigenvalue weighted by Gasteiger charge is -2.06. The summed E-state index contributed by atoms with van der Waals surface area (Å²) in [5, 5.41) is -0.828. The number of fused-ring (bicyclic) bond motifs is 1. The molecule has 7 heteroatoms. The highest BCUT2D eigenvalue weighted by atomic mass is 32.1. The molecule has 21 heavy (non-hydrogen) atoms. The minimum Gasteiger partial charge on any atom is -0.319 e. The Balaban J connectivity index is 1.85. The zero-order valence-electron chi connectivity index (χ0n) is 11.2. The highest BCUT2D eigenvalue weighted by Gasteiger charge is 2.35. The quantitative estimate of drug-likeness (QED) is 0.820. The van der Waals surface area contributed by atoms with E-state index in [-0.39, 0.29) is 0 Å². The molecule has 3 rings (SSSR count). The Bertz CT molecular complexity index is 607. The Kier molecular flexibility index (Phi) is 4.07. The molecule has 2 nitrogen and oxygen atoms in total. The molecule has 0 aliphatic heterocycles. The normalized spacial score (nSPS) is 17.3. The summed E-state index contributed by atoms with van der Waals surface area (Å²) in [6, 6.07) is 1.57. The molecule has 2 aromatic heterocycles. The van der Waals surface area contributed by atoms with Gasteiger partial charge in [0.25, 0.3) is 0 Å². The molecule has 0 amide bonds. The van der Waals surface area contributed by atoms with E-state index in [9.17, 15) is 13.2 Å². The molecule has 1 atom stereocenters. The standard InChI is InChI=1S/C14H15F3N2S2/c15-14(16,17)13-19-7-11(21-13)12(18)10-6-8-4-2-1-3-5-9(8)20-10/h6-7,12H,1-5,18H2. The first kappa shape index (κ1) is 15.0. The van der Waals surface area contributed by atoms with Crippen LogP contribution in [0.3, 0.4) is 0 Å². The number of thiophene rings is 1.